The molecule has 96 valence electrons. The first-order valence-electron chi connectivity index (χ1n) is 6.74. The van der Waals surface area contributed by atoms with E-state index in [0.29, 0.717) is 6.04 Å². The van der Waals surface area contributed by atoms with Crippen molar-refractivity contribution in [3.8, 4) is 0 Å². The highest BCUT2D eigenvalue weighted by Crippen LogP contribution is 2.20. The molecule has 3 heteroatoms. The van der Waals surface area contributed by atoms with Crippen molar-refractivity contribution in [3.63, 3.8) is 0 Å². The van der Waals surface area contributed by atoms with Crippen LogP contribution in [0.5, 0.6) is 0 Å². The van der Waals surface area contributed by atoms with Crippen LogP contribution in [0.25, 0.3) is 0 Å². The summed E-state index contributed by atoms with van der Waals surface area (Å²) in [6.07, 6.45) is 5.46. The lowest BCUT2D eigenvalue weighted by atomic mass is 10.00. The maximum absolute atomic E-state index is 3.64. The highest BCUT2D eigenvalue weighted by Gasteiger charge is 2.18. The number of thiophene rings is 1. The minimum absolute atomic E-state index is 0.504. The van der Waals surface area contributed by atoms with Gasteiger partial charge >= 0.3 is 0 Å². The molecule has 2 nitrogen and oxygen atoms in total. The zero-order chi connectivity index (χ0) is 12.1. The van der Waals surface area contributed by atoms with E-state index in [-0.39, 0.29) is 0 Å². The number of nitrogens with zero attached hydrogens (tertiary/aromatic N) is 1. The first-order valence-corrected chi connectivity index (χ1v) is 7.62. The predicted octanol–water partition coefficient (Wildman–Crippen LogP) is 3.27. The van der Waals surface area contributed by atoms with Crippen molar-refractivity contribution >= 4 is 11.3 Å². The summed E-state index contributed by atoms with van der Waals surface area (Å²) in [6, 6.07) is 5.65. The number of rotatable bonds is 5. The molecule has 0 aliphatic carbocycles. The van der Waals surface area contributed by atoms with Crippen molar-refractivity contribution in [3.05, 3.63) is 22.4 Å². The topological polar surface area (TPSA) is 15.3 Å². The molecule has 1 fully saturated rings. The smallest absolute Gasteiger partial charge is 0.0386 e. The van der Waals surface area contributed by atoms with Gasteiger partial charge in [0.1, 0.15) is 0 Å². The Morgan fingerprint density at radius 3 is 3.12 bits per heavy atom. The second kappa shape index (κ2) is 6.53. The van der Waals surface area contributed by atoms with Gasteiger partial charge in [-0.2, -0.15) is 0 Å². The standard InChI is InChI=1S/C14H24N2S/c1-12(14-7-5-11-17-14)15-9-8-13-6-3-4-10-16(13)2/h5,7,11-13,15H,3-4,6,8-10H2,1-2H3. The van der Waals surface area contributed by atoms with Crippen LogP contribution in [-0.4, -0.2) is 31.1 Å². The molecule has 1 aromatic rings. The molecule has 1 saturated heterocycles. The molecular formula is C14H24N2S. The number of piperidine rings is 1. The van der Waals surface area contributed by atoms with E-state index in [1.807, 2.05) is 11.3 Å². The maximum atomic E-state index is 3.64. The van der Waals surface area contributed by atoms with E-state index in [0.717, 1.165) is 12.6 Å². The fourth-order valence-electron chi connectivity index (χ4n) is 2.61. The van der Waals surface area contributed by atoms with Crippen molar-refractivity contribution in [1.82, 2.24) is 10.2 Å². The van der Waals surface area contributed by atoms with Gasteiger partial charge in [-0.25, -0.2) is 0 Å². The molecule has 1 aromatic heterocycles. The molecule has 2 atom stereocenters. The summed E-state index contributed by atoms with van der Waals surface area (Å²) in [7, 11) is 2.27. The predicted molar refractivity (Wildman–Crippen MR) is 75.6 cm³/mol. The Morgan fingerprint density at radius 2 is 2.41 bits per heavy atom. The zero-order valence-corrected chi connectivity index (χ0v) is 11.8. The van der Waals surface area contributed by atoms with Crippen molar-refractivity contribution in [1.29, 1.82) is 0 Å². The SMILES string of the molecule is CC(NCCC1CCCCN1C)c1cccs1. The molecule has 0 saturated carbocycles. The fourth-order valence-corrected chi connectivity index (χ4v) is 3.37. The first kappa shape index (κ1) is 13.1. The van der Waals surface area contributed by atoms with Gasteiger partial charge in [0, 0.05) is 17.0 Å². The largest absolute Gasteiger partial charge is 0.309 e. The first-order chi connectivity index (χ1) is 8.27. The summed E-state index contributed by atoms with van der Waals surface area (Å²) in [4.78, 5) is 3.98. The van der Waals surface area contributed by atoms with Gasteiger partial charge < -0.3 is 10.2 Å². The van der Waals surface area contributed by atoms with Crippen molar-refractivity contribution in [2.75, 3.05) is 20.1 Å². The van der Waals surface area contributed by atoms with E-state index in [9.17, 15) is 0 Å². The molecular weight excluding hydrogens is 228 g/mol. The summed E-state index contributed by atoms with van der Waals surface area (Å²) in [5.74, 6) is 0. The normalized spacial score (nSPS) is 23.8. The van der Waals surface area contributed by atoms with Gasteiger partial charge in [0.15, 0.2) is 0 Å². The molecule has 0 spiro atoms. The molecule has 17 heavy (non-hydrogen) atoms. The molecule has 2 heterocycles. The lowest BCUT2D eigenvalue weighted by Crippen LogP contribution is -2.38. The van der Waals surface area contributed by atoms with Crippen LogP contribution < -0.4 is 5.32 Å². The Balaban J connectivity index is 1.68. The van der Waals surface area contributed by atoms with Crippen LogP contribution in [0.2, 0.25) is 0 Å². The van der Waals surface area contributed by atoms with E-state index in [1.54, 1.807) is 0 Å². The number of likely N-dealkylation sites (tertiary alicyclic amines) is 1. The number of hydrogen-bond donors (Lipinski definition) is 1. The molecule has 1 aliphatic heterocycles. The van der Waals surface area contributed by atoms with Crippen LogP contribution in [0.15, 0.2) is 17.5 Å². The molecule has 1 N–H and O–H groups in total. The fraction of sp³-hybridized carbons (Fsp3) is 0.714. The third-order valence-electron chi connectivity index (χ3n) is 3.82. The summed E-state index contributed by atoms with van der Waals surface area (Å²) in [5, 5.41) is 5.79. The average Bonchev–Trinajstić information content (AvgIpc) is 2.85. The summed E-state index contributed by atoms with van der Waals surface area (Å²) in [6.45, 7) is 4.68. The van der Waals surface area contributed by atoms with Crippen LogP contribution in [0.4, 0.5) is 0 Å². The second-order valence-corrected chi connectivity index (χ2v) is 6.09. The molecule has 2 unspecified atom stereocenters. The lowest BCUT2D eigenvalue weighted by Gasteiger charge is -2.32. The highest BCUT2D eigenvalue weighted by molar-refractivity contribution is 7.10. The molecule has 1 aliphatic rings. The quantitative estimate of drug-likeness (QED) is 0.865. The summed E-state index contributed by atoms with van der Waals surface area (Å²) in [5.41, 5.74) is 0. The van der Waals surface area contributed by atoms with Crippen LogP contribution in [0.3, 0.4) is 0 Å². The summed E-state index contributed by atoms with van der Waals surface area (Å²) >= 11 is 1.84. The Bertz CT molecular complexity index is 310. The van der Waals surface area contributed by atoms with Crippen LogP contribution in [0, 0.1) is 0 Å². The van der Waals surface area contributed by atoms with E-state index in [1.165, 1.54) is 37.1 Å². The lowest BCUT2D eigenvalue weighted by molar-refractivity contribution is 0.174. The minimum atomic E-state index is 0.504. The van der Waals surface area contributed by atoms with Crippen LogP contribution in [0.1, 0.15) is 43.5 Å². The van der Waals surface area contributed by atoms with E-state index < -0.39 is 0 Å². The molecule has 0 bridgehead atoms. The van der Waals surface area contributed by atoms with E-state index in [2.05, 4.69) is 41.7 Å². The van der Waals surface area contributed by atoms with Gasteiger partial charge in [-0.3, -0.25) is 0 Å². The van der Waals surface area contributed by atoms with Crippen molar-refractivity contribution < 1.29 is 0 Å². The molecule has 0 aromatic carbocycles. The molecule has 0 amide bonds. The van der Waals surface area contributed by atoms with Gasteiger partial charge in [0.05, 0.1) is 0 Å². The van der Waals surface area contributed by atoms with Crippen molar-refractivity contribution in [2.45, 2.75) is 44.7 Å². The van der Waals surface area contributed by atoms with Gasteiger partial charge in [0.2, 0.25) is 0 Å². The van der Waals surface area contributed by atoms with Gasteiger partial charge in [-0.1, -0.05) is 12.5 Å². The summed E-state index contributed by atoms with van der Waals surface area (Å²) < 4.78 is 0. The van der Waals surface area contributed by atoms with Crippen molar-refractivity contribution in [2.24, 2.45) is 0 Å². The van der Waals surface area contributed by atoms with E-state index >= 15 is 0 Å². The Labute approximate surface area is 109 Å². The van der Waals surface area contributed by atoms with Gasteiger partial charge in [-0.15, -0.1) is 11.3 Å². The highest BCUT2D eigenvalue weighted by atomic mass is 32.1. The monoisotopic (exact) mass is 252 g/mol. The number of nitrogens with one attached hydrogen (secondary N) is 1. The Morgan fingerprint density at radius 1 is 1.53 bits per heavy atom. The van der Waals surface area contributed by atoms with Crippen LogP contribution >= 0.6 is 11.3 Å². The minimum Gasteiger partial charge on any atom is -0.309 e. The van der Waals surface area contributed by atoms with Gasteiger partial charge in [0.25, 0.3) is 0 Å². The second-order valence-electron chi connectivity index (χ2n) is 5.11. The third kappa shape index (κ3) is 3.80. The Kier molecular flexibility index (Phi) is 5.01. The number of hydrogen-bond acceptors (Lipinski definition) is 3. The zero-order valence-electron chi connectivity index (χ0n) is 11.0. The van der Waals surface area contributed by atoms with E-state index in [4.69, 9.17) is 0 Å². The third-order valence-corrected chi connectivity index (χ3v) is 4.87. The van der Waals surface area contributed by atoms with Crippen LogP contribution in [-0.2, 0) is 0 Å². The Hall–Kier alpha value is -0.380. The molecule has 0 radical (unpaired) electrons. The molecule has 2 rings (SSSR count). The average molecular weight is 252 g/mol. The maximum Gasteiger partial charge on any atom is 0.0386 e. The van der Waals surface area contributed by atoms with Gasteiger partial charge in [-0.05, 0) is 57.8 Å².